The van der Waals surface area contributed by atoms with Crippen LogP contribution in [0.1, 0.15) is 19.8 Å². The summed E-state index contributed by atoms with van der Waals surface area (Å²) in [6, 6.07) is 0.103. The van der Waals surface area contributed by atoms with Gasteiger partial charge in [0.05, 0.1) is 18.2 Å². The molecular weight excluding hydrogens is 224 g/mol. The van der Waals surface area contributed by atoms with Crippen molar-refractivity contribution in [3.8, 4) is 0 Å². The van der Waals surface area contributed by atoms with Crippen molar-refractivity contribution in [3.63, 3.8) is 0 Å². The van der Waals surface area contributed by atoms with Crippen molar-refractivity contribution in [3.05, 3.63) is 0 Å². The molecule has 0 aromatic heterocycles. The van der Waals surface area contributed by atoms with Gasteiger partial charge in [0, 0.05) is 24.7 Å². The molecule has 3 atom stereocenters. The van der Waals surface area contributed by atoms with Crippen LogP contribution in [0.4, 0.5) is 0 Å². The van der Waals surface area contributed by atoms with Crippen LogP contribution in [0.5, 0.6) is 0 Å². The van der Waals surface area contributed by atoms with E-state index in [-0.39, 0.29) is 24.1 Å². The van der Waals surface area contributed by atoms with Gasteiger partial charge in [-0.15, -0.1) is 0 Å². The lowest BCUT2D eigenvalue weighted by Crippen LogP contribution is -2.53. The molecule has 2 N–H and O–H groups in total. The molecule has 2 aliphatic rings. The molecule has 2 heterocycles. The van der Waals surface area contributed by atoms with Gasteiger partial charge in [-0.3, -0.25) is 4.79 Å². The highest BCUT2D eigenvalue weighted by atomic mass is 32.2. The number of thioether (sulfide) groups is 1. The van der Waals surface area contributed by atoms with E-state index in [0.717, 1.165) is 37.5 Å². The van der Waals surface area contributed by atoms with E-state index in [9.17, 15) is 4.79 Å². The van der Waals surface area contributed by atoms with Crippen LogP contribution in [0.3, 0.4) is 0 Å². The largest absolute Gasteiger partial charge is 0.376 e. The molecule has 2 aliphatic heterocycles. The van der Waals surface area contributed by atoms with Crippen LogP contribution in [0.15, 0.2) is 0 Å². The van der Waals surface area contributed by atoms with Gasteiger partial charge in [-0.1, -0.05) is 0 Å². The summed E-state index contributed by atoms with van der Waals surface area (Å²) in [5.74, 6) is 2.10. The van der Waals surface area contributed by atoms with Gasteiger partial charge in [0.2, 0.25) is 5.91 Å². The lowest BCUT2D eigenvalue weighted by molar-refractivity contribution is -0.124. The molecule has 0 bridgehead atoms. The van der Waals surface area contributed by atoms with Crippen LogP contribution in [0.2, 0.25) is 0 Å². The quantitative estimate of drug-likeness (QED) is 0.753. The van der Waals surface area contributed by atoms with Gasteiger partial charge in [-0.25, -0.2) is 0 Å². The van der Waals surface area contributed by atoms with E-state index in [2.05, 4.69) is 10.6 Å². The van der Waals surface area contributed by atoms with Crippen molar-refractivity contribution in [2.45, 2.75) is 38.0 Å². The zero-order chi connectivity index (χ0) is 11.4. The van der Waals surface area contributed by atoms with Crippen LogP contribution < -0.4 is 10.6 Å². The van der Waals surface area contributed by atoms with Gasteiger partial charge in [0.1, 0.15) is 0 Å². The summed E-state index contributed by atoms with van der Waals surface area (Å²) in [5.41, 5.74) is 0. The molecule has 0 aromatic carbocycles. The van der Waals surface area contributed by atoms with Crippen molar-refractivity contribution in [1.82, 2.24) is 10.6 Å². The predicted molar refractivity (Wildman–Crippen MR) is 65.7 cm³/mol. The van der Waals surface area contributed by atoms with Crippen LogP contribution in [-0.2, 0) is 9.53 Å². The van der Waals surface area contributed by atoms with E-state index in [1.54, 1.807) is 0 Å². The predicted octanol–water partition coefficient (Wildman–Crippen LogP) is 0.375. The maximum absolute atomic E-state index is 11.9. The molecule has 0 saturated carbocycles. The summed E-state index contributed by atoms with van der Waals surface area (Å²) in [4.78, 5) is 11.9. The minimum absolute atomic E-state index is 0.0254. The van der Waals surface area contributed by atoms with Crippen molar-refractivity contribution >= 4 is 17.7 Å². The number of hydrogen-bond donors (Lipinski definition) is 2. The third kappa shape index (κ3) is 3.12. The number of amides is 1. The molecule has 0 spiro atoms. The van der Waals surface area contributed by atoms with E-state index in [0.29, 0.717) is 0 Å². The number of carbonyl (C=O) groups is 1. The molecule has 2 fully saturated rings. The number of rotatable bonds is 3. The van der Waals surface area contributed by atoms with Crippen molar-refractivity contribution in [2.75, 3.05) is 24.7 Å². The number of ether oxygens (including phenoxy) is 1. The Morgan fingerprint density at radius 2 is 2.50 bits per heavy atom. The summed E-state index contributed by atoms with van der Waals surface area (Å²) < 4.78 is 5.56. The Kier molecular flexibility index (Phi) is 4.49. The van der Waals surface area contributed by atoms with E-state index < -0.39 is 0 Å². The number of nitrogens with one attached hydrogen (secondary N) is 2. The van der Waals surface area contributed by atoms with E-state index in [4.69, 9.17) is 4.74 Å². The topological polar surface area (TPSA) is 50.4 Å². The summed E-state index contributed by atoms with van der Waals surface area (Å²) in [5, 5.41) is 6.29. The second kappa shape index (κ2) is 5.89. The number of hydrogen-bond acceptors (Lipinski definition) is 4. The van der Waals surface area contributed by atoms with Crippen LogP contribution in [-0.4, -0.2) is 48.8 Å². The Morgan fingerprint density at radius 1 is 1.62 bits per heavy atom. The fourth-order valence-corrected chi connectivity index (χ4v) is 3.08. The first-order valence-corrected chi connectivity index (χ1v) is 7.16. The highest BCUT2D eigenvalue weighted by molar-refractivity contribution is 7.99. The van der Waals surface area contributed by atoms with Gasteiger partial charge in [0.15, 0.2) is 0 Å². The van der Waals surface area contributed by atoms with Crippen LogP contribution in [0, 0.1) is 0 Å². The molecule has 0 radical (unpaired) electrons. The Morgan fingerprint density at radius 3 is 3.12 bits per heavy atom. The minimum atomic E-state index is -0.0254. The number of carbonyl (C=O) groups excluding carboxylic acids is 1. The fraction of sp³-hybridized carbons (Fsp3) is 0.909. The lowest BCUT2D eigenvalue weighted by Gasteiger charge is -2.26. The smallest absolute Gasteiger partial charge is 0.238 e. The summed E-state index contributed by atoms with van der Waals surface area (Å²) in [6.07, 6.45) is 2.39. The molecule has 3 unspecified atom stereocenters. The summed E-state index contributed by atoms with van der Waals surface area (Å²) in [6.45, 7) is 3.79. The third-order valence-electron chi connectivity index (χ3n) is 3.13. The van der Waals surface area contributed by atoms with E-state index in [1.807, 2.05) is 18.7 Å². The third-order valence-corrected chi connectivity index (χ3v) is 4.19. The Bertz CT molecular complexity index is 238. The van der Waals surface area contributed by atoms with Gasteiger partial charge in [-0.2, -0.15) is 11.8 Å². The summed E-state index contributed by atoms with van der Waals surface area (Å²) >= 11 is 1.84. The molecule has 16 heavy (non-hydrogen) atoms. The highest BCUT2D eigenvalue weighted by Gasteiger charge is 2.27. The molecule has 4 nitrogen and oxygen atoms in total. The van der Waals surface area contributed by atoms with Crippen LogP contribution in [0.25, 0.3) is 0 Å². The molecule has 0 aromatic rings. The van der Waals surface area contributed by atoms with Gasteiger partial charge in [0.25, 0.3) is 0 Å². The molecule has 2 saturated heterocycles. The maximum Gasteiger partial charge on any atom is 0.238 e. The molecule has 2 rings (SSSR count). The molecular formula is C11H20N2O2S. The standard InChI is InChI=1S/C11H20N2O2S/c1-8(10-3-2-5-15-10)13-11(14)9-7-16-6-4-12-9/h8-10,12H,2-7H2,1H3,(H,13,14). The van der Waals surface area contributed by atoms with Crippen molar-refractivity contribution in [2.24, 2.45) is 0 Å². The molecule has 0 aliphatic carbocycles. The summed E-state index contributed by atoms with van der Waals surface area (Å²) in [7, 11) is 0. The van der Waals surface area contributed by atoms with Crippen LogP contribution >= 0.6 is 11.8 Å². The van der Waals surface area contributed by atoms with Crippen molar-refractivity contribution < 1.29 is 9.53 Å². The second-order valence-electron chi connectivity index (χ2n) is 4.43. The zero-order valence-corrected chi connectivity index (χ0v) is 10.5. The molecule has 92 valence electrons. The maximum atomic E-state index is 11.9. The Balaban J connectivity index is 1.76. The monoisotopic (exact) mass is 244 g/mol. The average molecular weight is 244 g/mol. The van der Waals surface area contributed by atoms with Gasteiger partial charge >= 0.3 is 0 Å². The van der Waals surface area contributed by atoms with Gasteiger partial charge < -0.3 is 15.4 Å². The van der Waals surface area contributed by atoms with Crippen molar-refractivity contribution in [1.29, 1.82) is 0 Å². The Hall–Kier alpha value is -0.260. The normalized spacial score (nSPS) is 32.3. The lowest BCUT2D eigenvalue weighted by atomic mass is 10.1. The molecule has 1 amide bonds. The zero-order valence-electron chi connectivity index (χ0n) is 9.70. The highest BCUT2D eigenvalue weighted by Crippen LogP contribution is 2.16. The first-order chi connectivity index (χ1) is 7.77. The Labute approximate surface area is 101 Å². The minimum Gasteiger partial charge on any atom is -0.376 e. The fourth-order valence-electron chi connectivity index (χ4n) is 2.15. The first kappa shape index (κ1) is 12.2. The molecule has 5 heteroatoms. The van der Waals surface area contributed by atoms with Gasteiger partial charge in [-0.05, 0) is 19.8 Å². The van der Waals surface area contributed by atoms with E-state index >= 15 is 0 Å². The average Bonchev–Trinajstić information content (AvgIpc) is 2.83. The SMILES string of the molecule is CC(NC(=O)C1CSCCN1)C1CCCO1. The first-order valence-electron chi connectivity index (χ1n) is 6.00. The second-order valence-corrected chi connectivity index (χ2v) is 5.58. The van der Waals surface area contributed by atoms with E-state index in [1.165, 1.54) is 0 Å².